The Morgan fingerprint density at radius 3 is 2.47 bits per heavy atom. The average molecular weight is 336 g/mol. The molecular weight excluding hydrogens is 325 g/mol. The largest absolute Gasteiger partial charge is 0.441 e. The number of nitrogens with one attached hydrogen (secondary N) is 1. The van der Waals surface area contributed by atoms with E-state index in [1.165, 1.54) is 12.1 Å². The Morgan fingerprint density at radius 1 is 1.26 bits per heavy atom. The summed E-state index contributed by atoms with van der Waals surface area (Å²) in [6, 6.07) is 2.09. The lowest BCUT2D eigenvalue weighted by Gasteiger charge is -2.16. The number of hydrogen-bond acceptors (Lipinski definition) is 2. The van der Waals surface area contributed by atoms with Crippen LogP contribution in [0, 0.1) is 5.82 Å². The van der Waals surface area contributed by atoms with Crippen LogP contribution in [0.5, 0.6) is 0 Å². The highest BCUT2D eigenvalue weighted by Crippen LogP contribution is 2.30. The maximum absolute atomic E-state index is 13.3. The van der Waals surface area contributed by atoms with E-state index in [2.05, 4.69) is 5.32 Å². The van der Waals surface area contributed by atoms with Gasteiger partial charge in [0.05, 0.1) is 5.02 Å². The molecule has 1 rings (SSSR count). The van der Waals surface area contributed by atoms with Crippen molar-refractivity contribution in [3.63, 3.8) is 0 Å². The predicted octanol–water partition coefficient (Wildman–Crippen LogP) is 5.04. The Balaban J connectivity index is 2.54. The van der Waals surface area contributed by atoms with Gasteiger partial charge in [0, 0.05) is 23.4 Å². The van der Waals surface area contributed by atoms with Crippen LogP contribution in [0.3, 0.4) is 0 Å². The third-order valence-corrected chi connectivity index (χ3v) is 3.68. The zero-order chi connectivity index (χ0) is 14.6. The van der Waals surface area contributed by atoms with Gasteiger partial charge < -0.3 is 5.32 Å². The van der Waals surface area contributed by atoms with E-state index in [1.807, 2.05) is 0 Å². The van der Waals surface area contributed by atoms with E-state index in [4.69, 9.17) is 23.2 Å². The van der Waals surface area contributed by atoms with Crippen molar-refractivity contribution < 1.29 is 17.6 Å². The fourth-order valence-corrected chi connectivity index (χ4v) is 2.42. The van der Waals surface area contributed by atoms with Crippen LogP contribution in [-0.4, -0.2) is 17.8 Å². The van der Waals surface area contributed by atoms with E-state index in [9.17, 15) is 17.6 Å². The minimum atomic E-state index is -4.24. The Morgan fingerprint density at radius 2 is 1.89 bits per heavy atom. The molecule has 1 aromatic rings. The highest BCUT2D eigenvalue weighted by atomic mass is 35.5. The SMILES string of the molecule is CC(NCCSC(F)(F)F)c1cc(F)c(Cl)cc1Cl. The first-order valence-corrected chi connectivity index (χ1v) is 7.03. The third kappa shape index (κ3) is 5.77. The van der Waals surface area contributed by atoms with Crippen molar-refractivity contribution in [1.29, 1.82) is 0 Å². The van der Waals surface area contributed by atoms with Gasteiger partial charge in [-0.3, -0.25) is 0 Å². The maximum Gasteiger partial charge on any atom is 0.441 e. The van der Waals surface area contributed by atoms with Crippen LogP contribution in [-0.2, 0) is 0 Å². The number of alkyl halides is 3. The Bertz CT molecular complexity index is 439. The van der Waals surface area contributed by atoms with Crippen molar-refractivity contribution in [2.24, 2.45) is 0 Å². The summed E-state index contributed by atoms with van der Waals surface area (Å²) in [4.78, 5) is 0. The van der Waals surface area contributed by atoms with E-state index in [-0.39, 0.29) is 40.1 Å². The summed E-state index contributed by atoms with van der Waals surface area (Å²) in [5.41, 5.74) is -3.78. The zero-order valence-electron chi connectivity index (χ0n) is 9.82. The zero-order valence-corrected chi connectivity index (χ0v) is 12.2. The second-order valence-corrected chi connectivity index (χ2v) is 5.73. The first kappa shape index (κ1) is 16.9. The molecule has 0 aliphatic carbocycles. The molecule has 0 amide bonds. The van der Waals surface area contributed by atoms with E-state index in [1.54, 1.807) is 6.92 Å². The van der Waals surface area contributed by atoms with E-state index in [0.29, 0.717) is 5.56 Å². The van der Waals surface area contributed by atoms with Crippen LogP contribution in [0.25, 0.3) is 0 Å². The van der Waals surface area contributed by atoms with E-state index in [0.717, 1.165) is 0 Å². The van der Waals surface area contributed by atoms with Gasteiger partial charge in [-0.15, -0.1) is 0 Å². The number of benzene rings is 1. The fourth-order valence-electron chi connectivity index (χ4n) is 1.42. The molecule has 1 aromatic carbocycles. The van der Waals surface area contributed by atoms with Crippen LogP contribution in [0.15, 0.2) is 12.1 Å². The normalized spacial score (nSPS) is 13.6. The van der Waals surface area contributed by atoms with Crippen molar-refractivity contribution in [3.05, 3.63) is 33.6 Å². The van der Waals surface area contributed by atoms with Crippen LogP contribution < -0.4 is 5.32 Å². The molecule has 0 spiro atoms. The Labute approximate surface area is 122 Å². The molecular formula is C11H11Cl2F4NS. The van der Waals surface area contributed by atoms with Crippen molar-refractivity contribution in [3.8, 4) is 0 Å². The summed E-state index contributed by atoms with van der Waals surface area (Å²) >= 11 is 11.4. The minimum absolute atomic E-state index is 0.0893. The fraction of sp³-hybridized carbons (Fsp3) is 0.455. The molecule has 0 aliphatic rings. The monoisotopic (exact) mass is 335 g/mol. The molecule has 0 radical (unpaired) electrons. The number of hydrogen-bond donors (Lipinski definition) is 1. The molecule has 8 heteroatoms. The van der Waals surface area contributed by atoms with Gasteiger partial charge in [0.15, 0.2) is 0 Å². The van der Waals surface area contributed by atoms with E-state index < -0.39 is 11.3 Å². The molecule has 108 valence electrons. The van der Waals surface area contributed by atoms with Gasteiger partial charge >= 0.3 is 5.51 Å². The molecule has 0 bridgehead atoms. The highest BCUT2D eigenvalue weighted by Gasteiger charge is 2.27. The molecule has 1 N–H and O–H groups in total. The van der Waals surface area contributed by atoms with Crippen molar-refractivity contribution in [1.82, 2.24) is 5.32 Å². The van der Waals surface area contributed by atoms with Crippen molar-refractivity contribution >= 4 is 35.0 Å². The van der Waals surface area contributed by atoms with Gasteiger partial charge in [0.1, 0.15) is 5.82 Å². The second-order valence-electron chi connectivity index (χ2n) is 3.76. The maximum atomic E-state index is 13.3. The molecule has 0 heterocycles. The average Bonchev–Trinajstić information content (AvgIpc) is 2.28. The lowest BCUT2D eigenvalue weighted by molar-refractivity contribution is -0.0327. The standard InChI is InChI=1S/C11H11Cl2F4NS/c1-6(18-2-3-19-11(15,16)17)7-4-10(14)9(13)5-8(7)12/h4-6,18H,2-3H2,1H3. The summed E-state index contributed by atoms with van der Waals surface area (Å²) in [6.07, 6.45) is 0. The topological polar surface area (TPSA) is 12.0 Å². The minimum Gasteiger partial charge on any atom is -0.309 e. The van der Waals surface area contributed by atoms with Gasteiger partial charge in [-0.1, -0.05) is 23.2 Å². The lowest BCUT2D eigenvalue weighted by Crippen LogP contribution is -2.22. The van der Waals surface area contributed by atoms with Gasteiger partial charge in [-0.2, -0.15) is 13.2 Å². The number of thioether (sulfide) groups is 1. The molecule has 0 saturated carbocycles. The summed E-state index contributed by atoms with van der Waals surface area (Å²) in [5, 5.41) is 3.03. The van der Waals surface area contributed by atoms with Gasteiger partial charge in [-0.05, 0) is 36.4 Å². The molecule has 1 nitrogen and oxygen atoms in total. The number of rotatable bonds is 5. The predicted molar refractivity (Wildman–Crippen MR) is 71.4 cm³/mol. The van der Waals surface area contributed by atoms with Crippen LogP contribution in [0.4, 0.5) is 17.6 Å². The molecule has 0 saturated heterocycles. The lowest BCUT2D eigenvalue weighted by atomic mass is 10.1. The highest BCUT2D eigenvalue weighted by molar-refractivity contribution is 8.00. The Kier molecular flexibility index (Phi) is 6.23. The van der Waals surface area contributed by atoms with Crippen molar-refractivity contribution in [2.75, 3.05) is 12.3 Å². The molecule has 1 unspecified atom stereocenters. The van der Waals surface area contributed by atoms with Crippen LogP contribution in [0.2, 0.25) is 10.0 Å². The summed E-state index contributed by atoms with van der Waals surface area (Å²) in [7, 11) is 0. The molecule has 1 atom stereocenters. The molecule has 19 heavy (non-hydrogen) atoms. The van der Waals surface area contributed by atoms with Gasteiger partial charge in [0.2, 0.25) is 0 Å². The van der Waals surface area contributed by atoms with Crippen LogP contribution in [0.1, 0.15) is 18.5 Å². The molecule has 0 aliphatic heterocycles. The second kappa shape index (κ2) is 7.02. The van der Waals surface area contributed by atoms with Crippen LogP contribution >= 0.6 is 35.0 Å². The molecule has 0 aromatic heterocycles. The summed E-state index contributed by atoms with van der Waals surface area (Å²) < 4.78 is 49.0. The molecule has 0 fully saturated rings. The van der Waals surface area contributed by atoms with Gasteiger partial charge in [-0.25, -0.2) is 4.39 Å². The number of halogens is 6. The first-order valence-electron chi connectivity index (χ1n) is 5.29. The first-order chi connectivity index (χ1) is 8.70. The smallest absolute Gasteiger partial charge is 0.309 e. The Hall–Kier alpha value is -0.170. The third-order valence-electron chi connectivity index (χ3n) is 2.32. The van der Waals surface area contributed by atoms with E-state index >= 15 is 0 Å². The van der Waals surface area contributed by atoms with Crippen molar-refractivity contribution in [2.45, 2.75) is 18.5 Å². The summed E-state index contributed by atoms with van der Waals surface area (Å²) in [6.45, 7) is 1.82. The van der Waals surface area contributed by atoms with Gasteiger partial charge in [0.25, 0.3) is 0 Å². The quantitative estimate of drug-likeness (QED) is 0.459. The summed E-state index contributed by atoms with van der Waals surface area (Å²) in [5.74, 6) is -0.735.